The highest BCUT2D eigenvalue weighted by molar-refractivity contribution is 8.04. The predicted octanol–water partition coefficient (Wildman–Crippen LogP) is 4.25. The second-order valence-corrected chi connectivity index (χ2v) is 8.22. The number of imidazole rings is 1. The second kappa shape index (κ2) is 8.24. The normalized spacial score (nSPS) is 13.9. The monoisotopic (exact) mass is 442 g/mol. The maximum Gasteiger partial charge on any atom is 0.278 e. The molecule has 0 radical (unpaired) electrons. The Balaban J connectivity index is 1.51. The number of aromatic nitrogens is 2. The molecule has 0 bridgehead atoms. The Morgan fingerprint density at radius 3 is 2.50 bits per heavy atom. The number of hydrogen-bond donors (Lipinski definition) is 3. The van der Waals surface area contributed by atoms with Gasteiger partial charge in [0.2, 0.25) is 0 Å². The van der Waals surface area contributed by atoms with E-state index in [2.05, 4.69) is 15.3 Å². The number of nitrogens with zero attached hydrogens (tertiary/aromatic N) is 2. The van der Waals surface area contributed by atoms with Crippen molar-refractivity contribution >= 4 is 40.3 Å². The summed E-state index contributed by atoms with van der Waals surface area (Å²) in [5, 5.41) is 13.3. The summed E-state index contributed by atoms with van der Waals surface area (Å²) in [7, 11) is 0. The molecule has 7 nitrogen and oxygen atoms in total. The number of fused-ring (bicyclic) bond motifs is 1. The van der Waals surface area contributed by atoms with Crippen molar-refractivity contribution in [1.82, 2.24) is 14.9 Å². The first-order chi connectivity index (χ1) is 15.6. The van der Waals surface area contributed by atoms with E-state index < -0.39 is 11.8 Å². The van der Waals surface area contributed by atoms with Crippen LogP contribution in [0.15, 0.2) is 94.6 Å². The number of hydrogen-bond acceptors (Lipinski definition) is 6. The van der Waals surface area contributed by atoms with Gasteiger partial charge in [0.25, 0.3) is 11.8 Å². The van der Waals surface area contributed by atoms with Gasteiger partial charge in [0.15, 0.2) is 5.16 Å². The van der Waals surface area contributed by atoms with Crippen LogP contribution in [0.4, 0.5) is 5.69 Å². The first kappa shape index (κ1) is 19.9. The number of amides is 2. The van der Waals surface area contributed by atoms with Crippen molar-refractivity contribution in [3.63, 3.8) is 0 Å². The van der Waals surface area contributed by atoms with E-state index in [1.807, 2.05) is 54.6 Å². The number of para-hydroxylation sites is 2. The molecule has 158 valence electrons. The van der Waals surface area contributed by atoms with Crippen LogP contribution in [0, 0.1) is 0 Å². The Hall–Kier alpha value is -4.04. The van der Waals surface area contributed by atoms with Crippen molar-refractivity contribution in [2.24, 2.45) is 0 Å². The van der Waals surface area contributed by atoms with Crippen LogP contribution >= 0.6 is 11.8 Å². The van der Waals surface area contributed by atoms with Crippen LogP contribution in [0.5, 0.6) is 5.75 Å². The van der Waals surface area contributed by atoms with Crippen LogP contribution in [0.25, 0.3) is 11.0 Å². The summed E-state index contributed by atoms with van der Waals surface area (Å²) in [6, 6.07) is 23.3. The van der Waals surface area contributed by atoms with E-state index >= 15 is 0 Å². The molecular formula is C24H18N4O3S. The van der Waals surface area contributed by atoms with Gasteiger partial charge >= 0.3 is 0 Å². The molecule has 0 fully saturated rings. The number of benzene rings is 3. The Bertz CT molecular complexity index is 1330. The van der Waals surface area contributed by atoms with Crippen molar-refractivity contribution in [2.75, 3.05) is 5.32 Å². The number of phenols is 1. The number of imide groups is 1. The molecule has 5 rings (SSSR count). The molecule has 3 aromatic carbocycles. The van der Waals surface area contributed by atoms with E-state index in [1.165, 1.54) is 17.0 Å². The van der Waals surface area contributed by atoms with E-state index in [1.54, 1.807) is 12.1 Å². The maximum atomic E-state index is 13.3. The van der Waals surface area contributed by atoms with Gasteiger partial charge in [-0.3, -0.25) is 14.5 Å². The topological polar surface area (TPSA) is 98.3 Å². The molecular weight excluding hydrogens is 424 g/mol. The first-order valence-corrected chi connectivity index (χ1v) is 10.7. The lowest BCUT2D eigenvalue weighted by molar-refractivity contribution is -0.137. The van der Waals surface area contributed by atoms with E-state index in [0.717, 1.165) is 28.4 Å². The van der Waals surface area contributed by atoms with Gasteiger partial charge in [-0.05, 0) is 41.6 Å². The van der Waals surface area contributed by atoms with Crippen LogP contribution in [0.2, 0.25) is 0 Å². The summed E-state index contributed by atoms with van der Waals surface area (Å²) in [5.41, 5.74) is 3.13. The lowest BCUT2D eigenvalue weighted by Crippen LogP contribution is -2.31. The summed E-state index contributed by atoms with van der Waals surface area (Å²) >= 11 is 1.11. The number of aromatic hydroxyl groups is 1. The summed E-state index contributed by atoms with van der Waals surface area (Å²) in [6.07, 6.45) is 0. The van der Waals surface area contributed by atoms with Crippen molar-refractivity contribution in [1.29, 1.82) is 0 Å². The van der Waals surface area contributed by atoms with Gasteiger partial charge in [-0.1, -0.05) is 48.5 Å². The lowest BCUT2D eigenvalue weighted by atomic mass is 10.2. The van der Waals surface area contributed by atoms with Gasteiger partial charge in [-0.15, -0.1) is 0 Å². The quantitative estimate of drug-likeness (QED) is 0.386. The van der Waals surface area contributed by atoms with Crippen molar-refractivity contribution < 1.29 is 14.7 Å². The molecule has 32 heavy (non-hydrogen) atoms. The van der Waals surface area contributed by atoms with Gasteiger partial charge in [-0.2, -0.15) is 0 Å². The average molecular weight is 443 g/mol. The predicted molar refractivity (Wildman–Crippen MR) is 123 cm³/mol. The molecule has 1 aliphatic heterocycles. The zero-order valence-electron chi connectivity index (χ0n) is 16.8. The minimum atomic E-state index is -0.430. The molecule has 3 N–H and O–H groups in total. The summed E-state index contributed by atoms with van der Waals surface area (Å²) < 4.78 is 0. The SMILES string of the molecule is O=C1C(Nc2cccc(O)c2)=C(Sc2nc3ccccc3[nH]2)C(=O)N1Cc1ccccc1. The molecule has 1 aromatic heterocycles. The number of rotatable bonds is 6. The van der Waals surface area contributed by atoms with Crippen LogP contribution in [0.1, 0.15) is 5.56 Å². The van der Waals surface area contributed by atoms with Gasteiger partial charge in [-0.25, -0.2) is 4.98 Å². The maximum absolute atomic E-state index is 13.3. The van der Waals surface area contributed by atoms with E-state index in [9.17, 15) is 14.7 Å². The Kier molecular flexibility index (Phi) is 5.12. The van der Waals surface area contributed by atoms with Gasteiger partial charge < -0.3 is 15.4 Å². The summed E-state index contributed by atoms with van der Waals surface area (Å²) in [6.45, 7) is 0.161. The molecule has 2 amide bonds. The van der Waals surface area contributed by atoms with E-state index in [4.69, 9.17) is 0 Å². The highest BCUT2D eigenvalue weighted by Gasteiger charge is 2.39. The summed E-state index contributed by atoms with van der Waals surface area (Å²) in [5.74, 6) is -0.771. The second-order valence-electron chi connectivity index (χ2n) is 7.22. The minimum Gasteiger partial charge on any atom is -0.508 e. The minimum absolute atomic E-state index is 0.0556. The number of H-pyrrole nitrogens is 1. The van der Waals surface area contributed by atoms with E-state index in [-0.39, 0.29) is 22.9 Å². The number of carbonyl (C=O) groups is 2. The third-order valence-electron chi connectivity index (χ3n) is 4.99. The number of thioether (sulfide) groups is 1. The number of phenolic OH excluding ortho intramolecular Hbond substituents is 1. The number of anilines is 1. The van der Waals surface area contributed by atoms with Gasteiger partial charge in [0, 0.05) is 11.8 Å². The standard InChI is InChI=1S/C24H18N4O3S/c29-17-10-6-9-16(13-17)25-20-21(32-24-26-18-11-4-5-12-19(18)27-24)23(31)28(22(20)30)14-15-7-2-1-3-8-15/h1-13,25,29H,14H2,(H,26,27). The largest absolute Gasteiger partial charge is 0.508 e. The zero-order chi connectivity index (χ0) is 22.1. The smallest absolute Gasteiger partial charge is 0.278 e. The fraction of sp³-hybridized carbons (Fsp3) is 0.0417. The van der Waals surface area contributed by atoms with Gasteiger partial charge in [0.1, 0.15) is 16.4 Å². The van der Waals surface area contributed by atoms with Crippen LogP contribution in [0.3, 0.4) is 0 Å². The fourth-order valence-corrected chi connectivity index (χ4v) is 4.41. The highest BCUT2D eigenvalue weighted by atomic mass is 32.2. The Labute approximate surface area is 187 Å². The van der Waals surface area contributed by atoms with Crippen molar-refractivity contribution in [3.8, 4) is 5.75 Å². The number of carbonyl (C=O) groups excluding carboxylic acids is 2. The molecule has 0 atom stereocenters. The highest BCUT2D eigenvalue weighted by Crippen LogP contribution is 2.36. The molecule has 0 saturated heterocycles. The molecule has 4 aromatic rings. The average Bonchev–Trinajstić information content (AvgIpc) is 3.30. The third-order valence-corrected chi connectivity index (χ3v) is 5.96. The molecule has 8 heteroatoms. The van der Waals surface area contributed by atoms with Crippen LogP contribution in [-0.4, -0.2) is 31.8 Å². The summed E-state index contributed by atoms with van der Waals surface area (Å²) in [4.78, 5) is 35.7. The molecule has 0 unspecified atom stereocenters. The van der Waals surface area contributed by atoms with Crippen LogP contribution in [-0.2, 0) is 16.1 Å². The first-order valence-electron chi connectivity index (χ1n) is 9.91. The Morgan fingerprint density at radius 2 is 1.72 bits per heavy atom. The third kappa shape index (κ3) is 3.83. The molecule has 2 heterocycles. The van der Waals surface area contributed by atoms with Crippen molar-refractivity contribution in [3.05, 3.63) is 95.0 Å². The molecule has 0 aliphatic carbocycles. The fourth-order valence-electron chi connectivity index (χ4n) is 3.47. The van der Waals surface area contributed by atoms with Crippen LogP contribution < -0.4 is 5.32 Å². The zero-order valence-corrected chi connectivity index (χ0v) is 17.6. The Morgan fingerprint density at radius 1 is 0.938 bits per heavy atom. The molecule has 0 saturated carbocycles. The van der Waals surface area contributed by atoms with E-state index in [0.29, 0.717) is 10.8 Å². The molecule has 1 aliphatic rings. The lowest BCUT2D eigenvalue weighted by Gasteiger charge is -2.15. The number of nitrogens with one attached hydrogen (secondary N) is 2. The number of aromatic amines is 1. The van der Waals surface area contributed by atoms with Crippen molar-refractivity contribution in [2.45, 2.75) is 11.7 Å². The van der Waals surface area contributed by atoms with Gasteiger partial charge in [0.05, 0.1) is 17.6 Å². The molecule has 0 spiro atoms.